The number of nitrogens with one attached hydrogen (secondary N) is 1. The third kappa shape index (κ3) is 1.41. The third-order valence-corrected chi connectivity index (χ3v) is 3.53. The summed E-state index contributed by atoms with van der Waals surface area (Å²) in [4.78, 5) is 3.52. The van der Waals surface area contributed by atoms with Crippen molar-refractivity contribution in [2.45, 2.75) is 5.75 Å². The van der Waals surface area contributed by atoms with Gasteiger partial charge in [-0.2, -0.15) is 11.8 Å². The number of hydrogen-bond donors (Lipinski definition) is 1. The van der Waals surface area contributed by atoms with Crippen molar-refractivity contribution in [3.63, 3.8) is 0 Å². The summed E-state index contributed by atoms with van der Waals surface area (Å²) < 4.78 is 0. The van der Waals surface area contributed by atoms with Crippen molar-refractivity contribution in [1.82, 2.24) is 4.98 Å². The van der Waals surface area contributed by atoms with Crippen LogP contribution in [0.2, 0.25) is 0 Å². The molecule has 0 aliphatic rings. The minimum Gasteiger partial charge on any atom is -0.354 e. The molecule has 2 heteroatoms. The van der Waals surface area contributed by atoms with E-state index in [0.29, 0.717) is 0 Å². The Labute approximate surface area is 98.9 Å². The fourth-order valence-electron chi connectivity index (χ4n) is 2.21. The van der Waals surface area contributed by atoms with Gasteiger partial charge in [-0.05, 0) is 17.9 Å². The smallest absolute Gasteiger partial charge is 0.0505 e. The fourth-order valence-corrected chi connectivity index (χ4v) is 2.76. The third-order valence-electron chi connectivity index (χ3n) is 2.93. The van der Waals surface area contributed by atoms with E-state index in [2.05, 4.69) is 53.7 Å². The van der Waals surface area contributed by atoms with E-state index in [-0.39, 0.29) is 0 Å². The lowest BCUT2D eigenvalue weighted by molar-refractivity contribution is 1.42. The molecule has 1 heterocycles. The van der Waals surface area contributed by atoms with Crippen molar-refractivity contribution in [3.8, 4) is 0 Å². The van der Waals surface area contributed by atoms with E-state index in [9.17, 15) is 0 Å². The van der Waals surface area contributed by atoms with Gasteiger partial charge in [0.05, 0.1) is 5.52 Å². The molecule has 2 aromatic carbocycles. The predicted molar refractivity (Wildman–Crippen MR) is 73.0 cm³/mol. The number of rotatable bonds is 2. The second-order valence-electron chi connectivity index (χ2n) is 3.94. The monoisotopic (exact) mass is 227 g/mol. The SMILES string of the molecule is CSCc1cccc2c1[nH]c1ccccc12. The molecule has 0 unspecified atom stereocenters. The summed E-state index contributed by atoms with van der Waals surface area (Å²) in [6.45, 7) is 0. The van der Waals surface area contributed by atoms with E-state index in [0.717, 1.165) is 5.75 Å². The first-order valence-corrected chi connectivity index (χ1v) is 6.77. The Morgan fingerprint density at radius 2 is 1.81 bits per heavy atom. The molecular formula is C14H13NS. The average Bonchev–Trinajstić information content (AvgIpc) is 2.69. The summed E-state index contributed by atoms with van der Waals surface area (Å²) in [5, 5.41) is 2.66. The maximum atomic E-state index is 3.52. The molecule has 3 aromatic rings. The molecule has 0 aliphatic heterocycles. The molecule has 0 bridgehead atoms. The molecule has 0 atom stereocenters. The minimum absolute atomic E-state index is 1.06. The molecule has 1 N–H and O–H groups in total. The van der Waals surface area contributed by atoms with Gasteiger partial charge in [0.2, 0.25) is 0 Å². The van der Waals surface area contributed by atoms with Crippen LogP contribution in [0.3, 0.4) is 0 Å². The highest BCUT2D eigenvalue weighted by atomic mass is 32.2. The molecule has 3 rings (SSSR count). The fraction of sp³-hybridized carbons (Fsp3) is 0.143. The number of hydrogen-bond acceptors (Lipinski definition) is 1. The van der Waals surface area contributed by atoms with Gasteiger partial charge in [-0.25, -0.2) is 0 Å². The minimum atomic E-state index is 1.06. The zero-order valence-corrected chi connectivity index (χ0v) is 9.97. The van der Waals surface area contributed by atoms with Gasteiger partial charge >= 0.3 is 0 Å². The van der Waals surface area contributed by atoms with Crippen LogP contribution in [0.5, 0.6) is 0 Å². The zero-order valence-electron chi connectivity index (χ0n) is 9.16. The maximum Gasteiger partial charge on any atom is 0.0505 e. The van der Waals surface area contributed by atoms with E-state index >= 15 is 0 Å². The number of para-hydroxylation sites is 2. The summed E-state index contributed by atoms with van der Waals surface area (Å²) >= 11 is 1.86. The van der Waals surface area contributed by atoms with Crippen LogP contribution in [0.25, 0.3) is 21.8 Å². The van der Waals surface area contributed by atoms with Crippen LogP contribution < -0.4 is 0 Å². The molecule has 1 aromatic heterocycles. The Morgan fingerprint density at radius 1 is 1.00 bits per heavy atom. The van der Waals surface area contributed by atoms with Crippen molar-refractivity contribution < 1.29 is 0 Å². The lowest BCUT2D eigenvalue weighted by atomic mass is 10.1. The first-order chi connectivity index (χ1) is 7.90. The number of benzene rings is 2. The molecule has 0 aliphatic carbocycles. The van der Waals surface area contributed by atoms with Gasteiger partial charge < -0.3 is 4.98 Å². The van der Waals surface area contributed by atoms with Crippen LogP contribution in [0.1, 0.15) is 5.56 Å². The molecule has 0 amide bonds. The molecular weight excluding hydrogens is 214 g/mol. The summed E-state index contributed by atoms with van der Waals surface area (Å²) in [6.07, 6.45) is 2.14. The van der Waals surface area contributed by atoms with Crippen molar-refractivity contribution >= 4 is 33.6 Å². The molecule has 1 nitrogen and oxygen atoms in total. The lowest BCUT2D eigenvalue weighted by Crippen LogP contribution is -1.81. The highest BCUT2D eigenvalue weighted by molar-refractivity contribution is 7.97. The molecule has 80 valence electrons. The number of H-pyrrole nitrogens is 1. The van der Waals surface area contributed by atoms with Crippen molar-refractivity contribution in [2.24, 2.45) is 0 Å². The van der Waals surface area contributed by atoms with E-state index in [4.69, 9.17) is 0 Å². The van der Waals surface area contributed by atoms with Crippen LogP contribution in [0, 0.1) is 0 Å². The van der Waals surface area contributed by atoms with E-state index in [1.165, 1.54) is 27.4 Å². The molecule has 0 saturated carbocycles. The number of aromatic nitrogens is 1. The van der Waals surface area contributed by atoms with Gasteiger partial charge in [-0.3, -0.25) is 0 Å². The van der Waals surface area contributed by atoms with E-state index in [1.807, 2.05) is 11.8 Å². The first-order valence-electron chi connectivity index (χ1n) is 5.37. The largest absolute Gasteiger partial charge is 0.354 e. The first kappa shape index (κ1) is 9.79. The second kappa shape index (κ2) is 3.87. The quantitative estimate of drug-likeness (QED) is 0.694. The van der Waals surface area contributed by atoms with Gasteiger partial charge in [0.25, 0.3) is 0 Å². The number of fused-ring (bicyclic) bond motifs is 3. The van der Waals surface area contributed by atoms with Gasteiger partial charge in [-0.1, -0.05) is 36.4 Å². The lowest BCUT2D eigenvalue weighted by Gasteiger charge is -1.99. The molecule has 0 saturated heterocycles. The molecule has 16 heavy (non-hydrogen) atoms. The Balaban J connectivity index is 2.39. The number of aromatic amines is 1. The summed E-state index contributed by atoms with van der Waals surface area (Å²) in [7, 11) is 0. The van der Waals surface area contributed by atoms with Gasteiger partial charge in [0, 0.05) is 22.0 Å². The van der Waals surface area contributed by atoms with Crippen molar-refractivity contribution in [3.05, 3.63) is 48.0 Å². The average molecular weight is 227 g/mol. The van der Waals surface area contributed by atoms with Crippen LogP contribution in [0.15, 0.2) is 42.5 Å². The van der Waals surface area contributed by atoms with Gasteiger partial charge in [0.15, 0.2) is 0 Å². The molecule has 0 radical (unpaired) electrons. The van der Waals surface area contributed by atoms with Gasteiger partial charge in [-0.15, -0.1) is 0 Å². The summed E-state index contributed by atoms with van der Waals surface area (Å²) in [5.41, 5.74) is 3.91. The Morgan fingerprint density at radius 3 is 2.69 bits per heavy atom. The van der Waals surface area contributed by atoms with Gasteiger partial charge in [0.1, 0.15) is 0 Å². The van der Waals surface area contributed by atoms with Crippen LogP contribution in [-0.4, -0.2) is 11.2 Å². The Hall–Kier alpha value is -1.41. The van der Waals surface area contributed by atoms with Crippen LogP contribution >= 0.6 is 11.8 Å². The zero-order chi connectivity index (χ0) is 11.0. The molecule has 0 spiro atoms. The maximum absolute atomic E-state index is 3.52. The number of thioether (sulfide) groups is 1. The normalized spacial score (nSPS) is 11.3. The Bertz CT molecular complexity index is 639. The van der Waals surface area contributed by atoms with Crippen molar-refractivity contribution in [1.29, 1.82) is 0 Å². The van der Waals surface area contributed by atoms with Crippen LogP contribution in [-0.2, 0) is 5.75 Å². The second-order valence-corrected chi connectivity index (χ2v) is 4.81. The topological polar surface area (TPSA) is 15.8 Å². The highest BCUT2D eigenvalue weighted by Crippen LogP contribution is 2.28. The predicted octanol–water partition coefficient (Wildman–Crippen LogP) is 4.18. The van der Waals surface area contributed by atoms with E-state index in [1.54, 1.807) is 0 Å². The Kier molecular flexibility index (Phi) is 2.37. The summed E-state index contributed by atoms with van der Waals surface area (Å²) in [5.74, 6) is 1.06. The van der Waals surface area contributed by atoms with E-state index < -0.39 is 0 Å². The van der Waals surface area contributed by atoms with Crippen molar-refractivity contribution in [2.75, 3.05) is 6.26 Å². The summed E-state index contributed by atoms with van der Waals surface area (Å²) in [6, 6.07) is 15.0. The molecule has 0 fully saturated rings. The standard InChI is InChI=1S/C14H13NS/c1-16-9-10-5-4-7-12-11-6-2-3-8-13(11)15-14(10)12/h2-8,15H,9H2,1H3. The highest BCUT2D eigenvalue weighted by Gasteiger charge is 2.06. The van der Waals surface area contributed by atoms with Crippen LogP contribution in [0.4, 0.5) is 0 Å².